The molecule has 0 aliphatic rings. The number of carbonyl (C=O) groups excluding carboxylic acids is 1. The van der Waals surface area contributed by atoms with Crippen LogP contribution in [0.4, 0.5) is 5.00 Å². The van der Waals surface area contributed by atoms with Gasteiger partial charge in [0.25, 0.3) is 0 Å². The standard InChI is InChI=1S/C11H15N3OS/c1-3-7(2)9(13)10(15)14-11-8(6-12)4-5-16-11/h4-5,7,9H,3,13H2,1-2H3,(H,14,15)/t7-,9-/m0/s1. The monoisotopic (exact) mass is 237 g/mol. The summed E-state index contributed by atoms with van der Waals surface area (Å²) in [6.45, 7) is 3.92. The highest BCUT2D eigenvalue weighted by molar-refractivity contribution is 7.14. The first-order valence-corrected chi connectivity index (χ1v) is 6.02. The van der Waals surface area contributed by atoms with E-state index in [-0.39, 0.29) is 11.8 Å². The summed E-state index contributed by atoms with van der Waals surface area (Å²) in [5.74, 6) is -0.0983. The van der Waals surface area contributed by atoms with Crippen molar-refractivity contribution in [2.45, 2.75) is 26.3 Å². The fourth-order valence-corrected chi connectivity index (χ4v) is 1.94. The van der Waals surface area contributed by atoms with Crippen LogP contribution in [0.1, 0.15) is 25.8 Å². The van der Waals surface area contributed by atoms with Gasteiger partial charge in [-0.05, 0) is 17.4 Å². The predicted octanol–water partition coefficient (Wildman–Crippen LogP) is 1.93. The molecule has 4 nitrogen and oxygen atoms in total. The van der Waals surface area contributed by atoms with Gasteiger partial charge < -0.3 is 11.1 Å². The van der Waals surface area contributed by atoms with Crippen molar-refractivity contribution in [1.29, 1.82) is 5.26 Å². The van der Waals surface area contributed by atoms with Crippen LogP contribution in [0.25, 0.3) is 0 Å². The Labute approximate surface area is 99.1 Å². The van der Waals surface area contributed by atoms with Crippen LogP contribution in [0.3, 0.4) is 0 Å². The second kappa shape index (κ2) is 5.64. The van der Waals surface area contributed by atoms with Gasteiger partial charge in [0, 0.05) is 0 Å². The summed E-state index contributed by atoms with van der Waals surface area (Å²) in [4.78, 5) is 11.7. The van der Waals surface area contributed by atoms with Crippen LogP contribution in [0, 0.1) is 17.2 Å². The Kier molecular flexibility index (Phi) is 4.47. The number of hydrogen-bond donors (Lipinski definition) is 2. The molecule has 1 aromatic rings. The molecule has 0 saturated carbocycles. The van der Waals surface area contributed by atoms with Crippen LogP contribution >= 0.6 is 11.3 Å². The van der Waals surface area contributed by atoms with Crippen LogP contribution in [0.15, 0.2) is 11.4 Å². The number of thiophene rings is 1. The first kappa shape index (κ1) is 12.7. The highest BCUT2D eigenvalue weighted by atomic mass is 32.1. The minimum Gasteiger partial charge on any atom is -0.320 e. The predicted molar refractivity (Wildman–Crippen MR) is 65.1 cm³/mol. The van der Waals surface area contributed by atoms with E-state index in [9.17, 15) is 4.79 Å². The van der Waals surface area contributed by atoms with Crippen LogP contribution < -0.4 is 11.1 Å². The van der Waals surface area contributed by atoms with Gasteiger partial charge in [0.1, 0.15) is 11.1 Å². The second-order valence-corrected chi connectivity index (χ2v) is 4.59. The van der Waals surface area contributed by atoms with Crippen molar-refractivity contribution in [3.8, 4) is 6.07 Å². The summed E-state index contributed by atoms with van der Waals surface area (Å²) in [6.07, 6.45) is 0.851. The van der Waals surface area contributed by atoms with Gasteiger partial charge >= 0.3 is 0 Å². The highest BCUT2D eigenvalue weighted by Gasteiger charge is 2.20. The van der Waals surface area contributed by atoms with Crippen molar-refractivity contribution in [2.24, 2.45) is 11.7 Å². The van der Waals surface area contributed by atoms with Gasteiger partial charge in [-0.2, -0.15) is 5.26 Å². The van der Waals surface area contributed by atoms with Crippen molar-refractivity contribution in [3.05, 3.63) is 17.0 Å². The number of anilines is 1. The summed E-state index contributed by atoms with van der Waals surface area (Å²) >= 11 is 1.33. The Morgan fingerprint density at radius 1 is 1.75 bits per heavy atom. The summed E-state index contributed by atoms with van der Waals surface area (Å²) in [5.41, 5.74) is 6.27. The van der Waals surface area contributed by atoms with Gasteiger partial charge in [-0.25, -0.2) is 0 Å². The molecule has 2 atom stereocenters. The van der Waals surface area contributed by atoms with Crippen molar-refractivity contribution < 1.29 is 4.79 Å². The summed E-state index contributed by atoms with van der Waals surface area (Å²) in [5, 5.41) is 13.8. The van der Waals surface area contributed by atoms with Crippen molar-refractivity contribution >= 4 is 22.2 Å². The highest BCUT2D eigenvalue weighted by Crippen LogP contribution is 2.22. The average molecular weight is 237 g/mol. The Morgan fingerprint density at radius 2 is 2.44 bits per heavy atom. The lowest BCUT2D eigenvalue weighted by Crippen LogP contribution is -2.40. The minimum atomic E-state index is -0.529. The molecule has 0 spiro atoms. The number of nitrogens with one attached hydrogen (secondary N) is 1. The third kappa shape index (κ3) is 2.81. The molecule has 0 fully saturated rings. The maximum atomic E-state index is 11.7. The molecule has 0 aliphatic heterocycles. The molecule has 1 heterocycles. The smallest absolute Gasteiger partial charge is 0.242 e. The molecule has 3 N–H and O–H groups in total. The van der Waals surface area contributed by atoms with Gasteiger partial charge in [-0.3, -0.25) is 4.79 Å². The summed E-state index contributed by atoms with van der Waals surface area (Å²) in [6, 6.07) is 3.16. The lowest BCUT2D eigenvalue weighted by Gasteiger charge is -2.17. The van der Waals surface area contributed by atoms with E-state index in [0.717, 1.165) is 6.42 Å². The summed E-state index contributed by atoms with van der Waals surface area (Å²) < 4.78 is 0. The second-order valence-electron chi connectivity index (χ2n) is 3.68. The normalized spacial score (nSPS) is 13.9. The third-order valence-electron chi connectivity index (χ3n) is 2.58. The Morgan fingerprint density at radius 3 is 3.00 bits per heavy atom. The molecule has 86 valence electrons. The Balaban J connectivity index is 2.69. The maximum absolute atomic E-state index is 11.7. The topological polar surface area (TPSA) is 78.9 Å². The largest absolute Gasteiger partial charge is 0.320 e. The molecular weight excluding hydrogens is 222 g/mol. The first-order chi connectivity index (χ1) is 7.60. The molecule has 1 amide bonds. The number of carbonyl (C=O) groups is 1. The Bertz CT molecular complexity index is 408. The molecule has 5 heteroatoms. The molecule has 0 aromatic carbocycles. The fourth-order valence-electron chi connectivity index (χ4n) is 1.20. The molecule has 16 heavy (non-hydrogen) atoms. The van der Waals surface area contributed by atoms with Gasteiger partial charge in [-0.1, -0.05) is 20.3 Å². The third-order valence-corrected chi connectivity index (χ3v) is 3.41. The minimum absolute atomic E-state index is 0.130. The number of hydrogen-bond acceptors (Lipinski definition) is 4. The molecule has 1 rings (SSSR count). The quantitative estimate of drug-likeness (QED) is 0.839. The molecule has 0 aliphatic carbocycles. The van der Waals surface area contributed by atoms with E-state index >= 15 is 0 Å². The van der Waals surface area contributed by atoms with Crippen molar-refractivity contribution in [2.75, 3.05) is 5.32 Å². The zero-order valence-corrected chi connectivity index (χ0v) is 10.2. The van der Waals surface area contributed by atoms with Gasteiger partial charge in [0.2, 0.25) is 5.91 Å². The van der Waals surface area contributed by atoms with E-state index in [1.165, 1.54) is 11.3 Å². The number of rotatable bonds is 4. The molecule has 0 bridgehead atoms. The van der Waals surface area contributed by atoms with Crippen LogP contribution in [-0.4, -0.2) is 11.9 Å². The van der Waals surface area contributed by atoms with Gasteiger partial charge in [0.05, 0.1) is 11.6 Å². The van der Waals surface area contributed by atoms with E-state index in [0.29, 0.717) is 10.6 Å². The molecule has 0 radical (unpaired) electrons. The summed E-state index contributed by atoms with van der Waals surface area (Å²) in [7, 11) is 0. The van der Waals surface area contributed by atoms with Crippen molar-refractivity contribution in [1.82, 2.24) is 0 Å². The van der Waals surface area contributed by atoms with E-state index in [4.69, 9.17) is 11.0 Å². The van der Waals surface area contributed by atoms with E-state index in [2.05, 4.69) is 5.32 Å². The number of amides is 1. The number of nitrogens with zero attached hydrogens (tertiary/aromatic N) is 1. The SMILES string of the molecule is CC[C@H](C)[C@H](N)C(=O)Nc1sccc1C#N. The zero-order valence-electron chi connectivity index (χ0n) is 9.36. The van der Waals surface area contributed by atoms with E-state index in [1.54, 1.807) is 11.4 Å². The lowest BCUT2D eigenvalue weighted by atomic mass is 9.99. The molecule has 0 saturated heterocycles. The molecule has 1 aromatic heterocycles. The zero-order chi connectivity index (χ0) is 12.1. The van der Waals surface area contributed by atoms with Crippen molar-refractivity contribution in [3.63, 3.8) is 0 Å². The Hall–Kier alpha value is -1.38. The van der Waals surface area contributed by atoms with Crippen LogP contribution in [0.5, 0.6) is 0 Å². The van der Waals surface area contributed by atoms with E-state index < -0.39 is 6.04 Å². The van der Waals surface area contributed by atoms with Crippen LogP contribution in [-0.2, 0) is 4.79 Å². The maximum Gasteiger partial charge on any atom is 0.242 e. The van der Waals surface area contributed by atoms with Gasteiger partial charge in [0.15, 0.2) is 0 Å². The number of nitrogens with two attached hydrogens (primary N) is 1. The molecular formula is C11H15N3OS. The van der Waals surface area contributed by atoms with Gasteiger partial charge in [-0.15, -0.1) is 11.3 Å². The fraction of sp³-hybridized carbons (Fsp3) is 0.455. The lowest BCUT2D eigenvalue weighted by molar-refractivity contribution is -0.118. The first-order valence-electron chi connectivity index (χ1n) is 5.14. The average Bonchev–Trinajstić information content (AvgIpc) is 2.74. The van der Waals surface area contributed by atoms with Crippen LogP contribution in [0.2, 0.25) is 0 Å². The van der Waals surface area contributed by atoms with E-state index in [1.807, 2.05) is 19.9 Å². The number of nitriles is 1. The molecule has 0 unspecified atom stereocenters.